The maximum Gasteiger partial charge on any atom is 0.257 e. The summed E-state index contributed by atoms with van der Waals surface area (Å²) in [5.74, 6) is -0.610. The van der Waals surface area contributed by atoms with Crippen molar-refractivity contribution in [2.24, 2.45) is 5.73 Å². The average Bonchev–Trinajstić information content (AvgIpc) is 2.51. The van der Waals surface area contributed by atoms with Gasteiger partial charge < -0.3 is 15.6 Å². The second kappa shape index (κ2) is 3.91. The van der Waals surface area contributed by atoms with Gasteiger partial charge in [0.15, 0.2) is 0 Å². The Morgan fingerprint density at radius 1 is 1.64 bits per heavy atom. The minimum Gasteiger partial charge on any atom is -0.368 e. The monoisotopic (exact) mass is 197 g/mol. The van der Waals surface area contributed by atoms with Crippen molar-refractivity contribution in [2.75, 3.05) is 0 Å². The van der Waals surface area contributed by atoms with Crippen molar-refractivity contribution < 1.29 is 14.1 Å². The number of primary amides is 1. The number of carbonyl (C=O) groups excluding carboxylic acids is 2. The molecule has 1 aromatic rings. The van der Waals surface area contributed by atoms with Gasteiger partial charge in [0.25, 0.3) is 5.91 Å². The molecule has 0 aliphatic carbocycles. The fraction of sp³-hybridized carbons (Fsp3) is 0.375. The summed E-state index contributed by atoms with van der Waals surface area (Å²) in [6, 6.07) is -0.711. The van der Waals surface area contributed by atoms with Gasteiger partial charge in [-0.05, 0) is 13.8 Å². The molecule has 1 aromatic heterocycles. The normalized spacial score (nSPS) is 12.1. The van der Waals surface area contributed by atoms with Crippen LogP contribution in [0.15, 0.2) is 10.7 Å². The van der Waals surface area contributed by atoms with Crippen molar-refractivity contribution >= 4 is 11.8 Å². The van der Waals surface area contributed by atoms with Crippen LogP contribution < -0.4 is 11.1 Å². The lowest BCUT2D eigenvalue weighted by Crippen LogP contribution is -2.42. The third-order valence-corrected chi connectivity index (χ3v) is 1.77. The van der Waals surface area contributed by atoms with E-state index in [1.54, 1.807) is 6.92 Å². The second-order valence-corrected chi connectivity index (χ2v) is 2.89. The average molecular weight is 197 g/mol. The van der Waals surface area contributed by atoms with Gasteiger partial charge in [-0.1, -0.05) is 5.16 Å². The molecule has 6 nitrogen and oxygen atoms in total. The molecule has 0 spiro atoms. The minimum atomic E-state index is -0.711. The Bertz CT molecular complexity index is 358. The van der Waals surface area contributed by atoms with Gasteiger partial charge in [-0.2, -0.15) is 0 Å². The number of carbonyl (C=O) groups is 2. The van der Waals surface area contributed by atoms with Crippen molar-refractivity contribution in [3.63, 3.8) is 0 Å². The Morgan fingerprint density at radius 2 is 2.29 bits per heavy atom. The molecule has 0 bridgehead atoms. The third-order valence-electron chi connectivity index (χ3n) is 1.77. The molecular weight excluding hydrogens is 186 g/mol. The van der Waals surface area contributed by atoms with Crippen LogP contribution in [0.3, 0.4) is 0 Å². The quantitative estimate of drug-likeness (QED) is 0.687. The third kappa shape index (κ3) is 2.09. The summed E-state index contributed by atoms with van der Waals surface area (Å²) in [6.45, 7) is 3.11. The van der Waals surface area contributed by atoms with Gasteiger partial charge in [0, 0.05) is 0 Å². The molecule has 14 heavy (non-hydrogen) atoms. The molecule has 0 saturated heterocycles. The first kappa shape index (κ1) is 10.2. The van der Waals surface area contributed by atoms with Crippen LogP contribution in [0.2, 0.25) is 0 Å². The van der Waals surface area contributed by atoms with Crippen molar-refractivity contribution in [3.05, 3.63) is 17.5 Å². The van der Waals surface area contributed by atoms with Gasteiger partial charge in [-0.25, -0.2) is 0 Å². The summed E-state index contributed by atoms with van der Waals surface area (Å²) in [6.07, 6.45) is 1.29. The number of nitrogens with one attached hydrogen (secondary N) is 1. The lowest BCUT2D eigenvalue weighted by atomic mass is 10.2. The number of aromatic nitrogens is 1. The summed E-state index contributed by atoms with van der Waals surface area (Å²) in [5, 5.41) is 5.85. The molecule has 1 rings (SSSR count). The molecular formula is C8H11N3O3. The highest BCUT2D eigenvalue weighted by atomic mass is 16.5. The fourth-order valence-corrected chi connectivity index (χ4v) is 0.862. The molecule has 2 amide bonds. The van der Waals surface area contributed by atoms with E-state index < -0.39 is 17.9 Å². The highest BCUT2D eigenvalue weighted by Gasteiger charge is 2.17. The fourth-order valence-electron chi connectivity index (χ4n) is 0.862. The van der Waals surface area contributed by atoms with E-state index in [-0.39, 0.29) is 0 Å². The summed E-state index contributed by atoms with van der Waals surface area (Å²) in [7, 11) is 0. The predicted molar refractivity (Wildman–Crippen MR) is 47.4 cm³/mol. The van der Waals surface area contributed by atoms with Gasteiger partial charge in [0.1, 0.15) is 17.4 Å². The Labute approximate surface area is 80.4 Å². The topological polar surface area (TPSA) is 98.2 Å². The Morgan fingerprint density at radius 3 is 2.71 bits per heavy atom. The van der Waals surface area contributed by atoms with E-state index in [0.29, 0.717) is 11.3 Å². The summed E-state index contributed by atoms with van der Waals surface area (Å²) >= 11 is 0. The molecule has 1 unspecified atom stereocenters. The zero-order valence-electron chi connectivity index (χ0n) is 7.90. The number of aryl methyl sites for hydroxylation is 1. The molecule has 0 saturated carbocycles. The maximum atomic E-state index is 11.4. The predicted octanol–water partition coefficient (Wildman–Crippen LogP) is -0.413. The second-order valence-electron chi connectivity index (χ2n) is 2.89. The van der Waals surface area contributed by atoms with Gasteiger partial charge in [-0.15, -0.1) is 0 Å². The molecule has 1 heterocycles. The first-order valence-electron chi connectivity index (χ1n) is 4.04. The van der Waals surface area contributed by atoms with Crippen molar-refractivity contribution in [2.45, 2.75) is 19.9 Å². The molecule has 0 aliphatic rings. The first-order chi connectivity index (χ1) is 6.52. The van der Waals surface area contributed by atoms with E-state index in [1.807, 2.05) is 0 Å². The number of nitrogens with two attached hydrogens (primary N) is 1. The molecule has 6 heteroatoms. The van der Waals surface area contributed by atoms with Gasteiger partial charge in [0.05, 0.1) is 6.20 Å². The maximum absolute atomic E-state index is 11.4. The Hall–Kier alpha value is -1.85. The molecule has 76 valence electrons. The smallest absolute Gasteiger partial charge is 0.257 e. The number of hydrogen-bond donors (Lipinski definition) is 2. The van der Waals surface area contributed by atoms with E-state index in [4.69, 9.17) is 10.3 Å². The number of hydrogen-bond acceptors (Lipinski definition) is 4. The van der Waals surface area contributed by atoms with E-state index >= 15 is 0 Å². The Kier molecular flexibility index (Phi) is 2.85. The van der Waals surface area contributed by atoms with Gasteiger partial charge in [-0.3, -0.25) is 9.59 Å². The van der Waals surface area contributed by atoms with Crippen LogP contribution in [-0.2, 0) is 4.79 Å². The lowest BCUT2D eigenvalue weighted by molar-refractivity contribution is -0.119. The largest absolute Gasteiger partial charge is 0.368 e. The van der Waals surface area contributed by atoms with E-state index in [2.05, 4.69) is 10.5 Å². The molecule has 0 aliphatic heterocycles. The zero-order chi connectivity index (χ0) is 10.7. The zero-order valence-corrected chi connectivity index (χ0v) is 7.90. The molecule has 3 N–H and O–H groups in total. The molecule has 1 atom stereocenters. The van der Waals surface area contributed by atoms with Crippen LogP contribution in [0.5, 0.6) is 0 Å². The van der Waals surface area contributed by atoms with Crippen LogP contribution >= 0.6 is 0 Å². The molecule has 0 aromatic carbocycles. The molecule has 0 fully saturated rings. The van der Waals surface area contributed by atoms with Crippen LogP contribution in [0.1, 0.15) is 23.0 Å². The van der Waals surface area contributed by atoms with Crippen LogP contribution in [0.25, 0.3) is 0 Å². The first-order valence-corrected chi connectivity index (χ1v) is 4.04. The van der Waals surface area contributed by atoms with E-state index in [1.165, 1.54) is 13.1 Å². The number of amides is 2. The van der Waals surface area contributed by atoms with Crippen molar-refractivity contribution in [1.29, 1.82) is 0 Å². The highest BCUT2D eigenvalue weighted by Crippen LogP contribution is 2.05. The summed E-state index contributed by atoms with van der Waals surface area (Å²) in [4.78, 5) is 22.1. The van der Waals surface area contributed by atoms with Crippen LogP contribution in [0, 0.1) is 6.92 Å². The Balaban J connectivity index is 2.69. The van der Waals surface area contributed by atoms with Crippen LogP contribution in [0.4, 0.5) is 0 Å². The van der Waals surface area contributed by atoms with E-state index in [9.17, 15) is 9.59 Å². The molecule has 0 radical (unpaired) electrons. The number of nitrogens with zero attached hydrogens (tertiary/aromatic N) is 1. The SMILES string of the molecule is Cc1oncc1C(=O)NC(C)C(N)=O. The number of rotatable bonds is 3. The van der Waals surface area contributed by atoms with Crippen LogP contribution in [-0.4, -0.2) is 23.0 Å². The van der Waals surface area contributed by atoms with Gasteiger partial charge in [0.2, 0.25) is 5.91 Å². The lowest BCUT2D eigenvalue weighted by Gasteiger charge is -2.08. The van der Waals surface area contributed by atoms with E-state index in [0.717, 1.165) is 0 Å². The van der Waals surface area contributed by atoms with Gasteiger partial charge >= 0.3 is 0 Å². The summed E-state index contributed by atoms with van der Waals surface area (Å²) < 4.78 is 4.70. The van der Waals surface area contributed by atoms with Crippen molar-refractivity contribution in [3.8, 4) is 0 Å². The minimum absolute atomic E-state index is 0.304. The van der Waals surface area contributed by atoms with Crippen molar-refractivity contribution in [1.82, 2.24) is 10.5 Å². The highest BCUT2D eigenvalue weighted by molar-refractivity contribution is 5.97. The summed E-state index contributed by atoms with van der Waals surface area (Å²) in [5.41, 5.74) is 5.29. The standard InChI is InChI=1S/C8H11N3O3/c1-4(7(9)12)11-8(13)6-3-10-14-5(6)2/h3-4H,1-2H3,(H2,9,12)(H,11,13).